The zero-order valence-corrected chi connectivity index (χ0v) is 12.2. The Hall–Kier alpha value is -2.15. The molecular weight excluding hydrogens is 270 g/mol. The van der Waals surface area contributed by atoms with Crippen LogP contribution in [0.5, 0.6) is 11.5 Å². The summed E-state index contributed by atoms with van der Waals surface area (Å²) in [6, 6.07) is 5.84. The van der Waals surface area contributed by atoms with Gasteiger partial charge in [-0.15, -0.1) is 5.10 Å². The van der Waals surface area contributed by atoms with E-state index in [1.165, 1.54) is 0 Å². The van der Waals surface area contributed by atoms with Gasteiger partial charge in [-0.2, -0.15) is 0 Å². The molecule has 1 fully saturated rings. The molecule has 7 nitrogen and oxygen atoms in total. The van der Waals surface area contributed by atoms with Crippen molar-refractivity contribution in [3.63, 3.8) is 0 Å². The lowest BCUT2D eigenvalue weighted by molar-refractivity contribution is 0.372. The zero-order valence-electron chi connectivity index (χ0n) is 12.2. The van der Waals surface area contributed by atoms with Crippen molar-refractivity contribution in [2.45, 2.75) is 38.4 Å². The lowest BCUT2D eigenvalue weighted by Crippen LogP contribution is -2.22. The number of nitrogens with one attached hydrogen (secondary N) is 1. The topological polar surface area (TPSA) is 85.1 Å². The fourth-order valence-electron chi connectivity index (χ4n) is 2.26. The first kappa shape index (κ1) is 13.8. The van der Waals surface area contributed by atoms with Crippen molar-refractivity contribution in [1.82, 2.24) is 25.5 Å². The van der Waals surface area contributed by atoms with Gasteiger partial charge in [0.15, 0.2) is 17.3 Å². The molecule has 0 amide bonds. The fourth-order valence-corrected chi connectivity index (χ4v) is 2.26. The number of hydrogen-bond acceptors (Lipinski definition) is 6. The van der Waals surface area contributed by atoms with Crippen LogP contribution in [-0.4, -0.2) is 32.4 Å². The lowest BCUT2D eigenvalue weighted by atomic mass is 10.2. The van der Waals surface area contributed by atoms with Crippen LogP contribution in [0.3, 0.4) is 0 Å². The SMILES string of the molecule is COc1cc(CNC(C)c2nnnn2C2CC2)ccc1O. The van der Waals surface area contributed by atoms with Crippen LogP contribution in [0.1, 0.15) is 43.2 Å². The minimum absolute atomic E-state index is 0.0559. The summed E-state index contributed by atoms with van der Waals surface area (Å²) in [6.07, 6.45) is 2.31. The van der Waals surface area contributed by atoms with E-state index in [1.54, 1.807) is 13.2 Å². The number of hydrogen-bond donors (Lipinski definition) is 2. The van der Waals surface area contributed by atoms with Crippen molar-refractivity contribution in [3.8, 4) is 11.5 Å². The Morgan fingerprint density at radius 2 is 2.29 bits per heavy atom. The van der Waals surface area contributed by atoms with Crippen LogP contribution < -0.4 is 10.1 Å². The molecule has 1 heterocycles. The second-order valence-electron chi connectivity index (χ2n) is 5.32. The second-order valence-corrected chi connectivity index (χ2v) is 5.32. The molecule has 7 heteroatoms. The minimum Gasteiger partial charge on any atom is -0.504 e. The molecule has 2 aromatic rings. The van der Waals surface area contributed by atoms with Gasteiger partial charge >= 0.3 is 0 Å². The molecule has 21 heavy (non-hydrogen) atoms. The molecule has 0 spiro atoms. The van der Waals surface area contributed by atoms with Crippen molar-refractivity contribution in [1.29, 1.82) is 0 Å². The maximum atomic E-state index is 9.59. The third kappa shape index (κ3) is 2.97. The average Bonchev–Trinajstić information content (AvgIpc) is 3.23. The van der Waals surface area contributed by atoms with Crippen LogP contribution in [0, 0.1) is 0 Å². The third-order valence-corrected chi connectivity index (χ3v) is 3.65. The van der Waals surface area contributed by atoms with Gasteiger partial charge in [-0.3, -0.25) is 0 Å². The summed E-state index contributed by atoms with van der Waals surface area (Å²) < 4.78 is 7.02. The van der Waals surface area contributed by atoms with Gasteiger partial charge in [-0.1, -0.05) is 6.07 Å². The van der Waals surface area contributed by atoms with E-state index in [1.807, 2.05) is 23.7 Å². The zero-order chi connectivity index (χ0) is 14.8. The van der Waals surface area contributed by atoms with E-state index in [-0.39, 0.29) is 11.8 Å². The van der Waals surface area contributed by atoms with Crippen LogP contribution in [0.25, 0.3) is 0 Å². The monoisotopic (exact) mass is 289 g/mol. The highest BCUT2D eigenvalue weighted by Crippen LogP contribution is 2.35. The molecule has 1 atom stereocenters. The molecule has 1 aliphatic carbocycles. The summed E-state index contributed by atoms with van der Waals surface area (Å²) in [7, 11) is 1.54. The average molecular weight is 289 g/mol. The molecular formula is C14H19N5O2. The summed E-state index contributed by atoms with van der Waals surface area (Å²) in [5.74, 6) is 1.49. The summed E-state index contributed by atoms with van der Waals surface area (Å²) >= 11 is 0. The number of nitrogens with zero attached hydrogens (tertiary/aromatic N) is 4. The van der Waals surface area contributed by atoms with Crippen molar-refractivity contribution < 1.29 is 9.84 Å². The Kier molecular flexibility index (Phi) is 3.74. The molecule has 0 bridgehead atoms. The summed E-state index contributed by atoms with van der Waals surface area (Å²) in [5, 5.41) is 24.9. The standard InChI is InChI=1S/C14H19N5O2/c1-9(14-16-17-18-19(14)11-4-5-11)15-8-10-3-6-12(20)13(7-10)21-2/h3,6-7,9,11,15,20H,4-5,8H2,1-2H3. The van der Waals surface area contributed by atoms with Gasteiger partial charge < -0.3 is 15.2 Å². The maximum absolute atomic E-state index is 9.59. The predicted octanol–water partition coefficient (Wildman–Crippen LogP) is 1.57. The van der Waals surface area contributed by atoms with E-state index in [0.29, 0.717) is 18.3 Å². The summed E-state index contributed by atoms with van der Waals surface area (Å²) in [4.78, 5) is 0. The molecule has 0 radical (unpaired) electrons. The van der Waals surface area contributed by atoms with E-state index >= 15 is 0 Å². The van der Waals surface area contributed by atoms with Crippen molar-refractivity contribution in [2.75, 3.05) is 7.11 Å². The van der Waals surface area contributed by atoms with E-state index in [9.17, 15) is 5.11 Å². The molecule has 1 aromatic carbocycles. The van der Waals surface area contributed by atoms with Gasteiger partial charge in [-0.25, -0.2) is 4.68 Å². The maximum Gasteiger partial charge on any atom is 0.168 e. The first-order valence-corrected chi connectivity index (χ1v) is 7.06. The number of aromatic hydroxyl groups is 1. The Labute approximate surface area is 122 Å². The molecule has 3 rings (SSSR count). The highest BCUT2D eigenvalue weighted by atomic mass is 16.5. The molecule has 1 saturated carbocycles. The van der Waals surface area contributed by atoms with Crippen LogP contribution in [0.2, 0.25) is 0 Å². The van der Waals surface area contributed by atoms with Crippen molar-refractivity contribution in [3.05, 3.63) is 29.6 Å². The molecule has 0 saturated heterocycles. The van der Waals surface area contributed by atoms with Gasteiger partial charge in [0, 0.05) is 6.54 Å². The van der Waals surface area contributed by atoms with Gasteiger partial charge in [0.1, 0.15) is 0 Å². The van der Waals surface area contributed by atoms with Crippen LogP contribution in [0.15, 0.2) is 18.2 Å². The predicted molar refractivity (Wildman–Crippen MR) is 76.0 cm³/mol. The Morgan fingerprint density at radius 1 is 1.48 bits per heavy atom. The Balaban J connectivity index is 1.65. The third-order valence-electron chi connectivity index (χ3n) is 3.65. The van der Waals surface area contributed by atoms with E-state index in [2.05, 4.69) is 20.8 Å². The molecule has 1 aromatic heterocycles. The number of methoxy groups -OCH3 is 1. The summed E-state index contributed by atoms with van der Waals surface area (Å²) in [6.45, 7) is 2.69. The number of benzene rings is 1. The highest BCUT2D eigenvalue weighted by molar-refractivity contribution is 5.41. The van der Waals surface area contributed by atoms with Crippen LogP contribution >= 0.6 is 0 Å². The molecule has 1 aliphatic rings. The number of ether oxygens (including phenoxy) is 1. The molecule has 2 N–H and O–H groups in total. The first-order valence-electron chi connectivity index (χ1n) is 7.06. The molecule has 1 unspecified atom stereocenters. The van der Waals surface area contributed by atoms with Crippen molar-refractivity contribution in [2.24, 2.45) is 0 Å². The summed E-state index contributed by atoms with van der Waals surface area (Å²) in [5.41, 5.74) is 1.03. The Morgan fingerprint density at radius 3 is 3.00 bits per heavy atom. The quantitative estimate of drug-likeness (QED) is 0.839. The molecule has 112 valence electrons. The van der Waals surface area contributed by atoms with E-state index < -0.39 is 0 Å². The smallest absolute Gasteiger partial charge is 0.168 e. The van der Waals surface area contributed by atoms with E-state index in [0.717, 1.165) is 24.2 Å². The normalized spacial score (nSPS) is 15.9. The van der Waals surface area contributed by atoms with Crippen LogP contribution in [0.4, 0.5) is 0 Å². The number of phenols is 1. The highest BCUT2D eigenvalue weighted by Gasteiger charge is 2.29. The second kappa shape index (κ2) is 5.69. The Bertz CT molecular complexity index is 624. The first-order chi connectivity index (χ1) is 10.2. The van der Waals surface area contributed by atoms with Crippen molar-refractivity contribution >= 4 is 0 Å². The van der Waals surface area contributed by atoms with Gasteiger partial charge in [0.2, 0.25) is 0 Å². The number of tetrazole rings is 1. The van der Waals surface area contributed by atoms with Gasteiger partial charge in [0.25, 0.3) is 0 Å². The van der Waals surface area contributed by atoms with E-state index in [4.69, 9.17) is 4.74 Å². The number of phenolic OH excluding ortho intramolecular Hbond substituents is 1. The molecule has 0 aliphatic heterocycles. The van der Waals surface area contributed by atoms with Gasteiger partial charge in [-0.05, 0) is 47.9 Å². The minimum atomic E-state index is 0.0559. The number of aromatic nitrogens is 4. The van der Waals surface area contributed by atoms with Gasteiger partial charge in [0.05, 0.1) is 19.2 Å². The number of rotatable bonds is 6. The van der Waals surface area contributed by atoms with Crippen LogP contribution in [-0.2, 0) is 6.54 Å². The fraction of sp³-hybridized carbons (Fsp3) is 0.500. The largest absolute Gasteiger partial charge is 0.504 e. The lowest BCUT2D eigenvalue weighted by Gasteiger charge is -2.14.